The van der Waals surface area contributed by atoms with E-state index in [2.05, 4.69) is 22.6 Å². The van der Waals surface area contributed by atoms with Crippen molar-refractivity contribution in [2.45, 2.75) is 6.61 Å². The van der Waals surface area contributed by atoms with Gasteiger partial charge in [-0.3, -0.25) is 14.5 Å². The summed E-state index contributed by atoms with van der Waals surface area (Å²) >= 11 is 15.0. The molecule has 1 saturated heterocycles. The van der Waals surface area contributed by atoms with Gasteiger partial charge in [0.2, 0.25) is 0 Å². The van der Waals surface area contributed by atoms with Crippen LogP contribution in [0.3, 0.4) is 0 Å². The molecule has 0 aromatic heterocycles. The molecule has 0 saturated carbocycles. The van der Waals surface area contributed by atoms with Gasteiger partial charge in [0.05, 0.1) is 18.5 Å². The van der Waals surface area contributed by atoms with Crippen LogP contribution < -0.4 is 4.74 Å². The van der Waals surface area contributed by atoms with Crippen LogP contribution in [0, 0.1) is 3.57 Å². The van der Waals surface area contributed by atoms with E-state index < -0.39 is 0 Å². The van der Waals surface area contributed by atoms with Gasteiger partial charge in [0.15, 0.2) is 0 Å². The fourth-order valence-electron chi connectivity index (χ4n) is 2.21. The van der Waals surface area contributed by atoms with E-state index in [1.54, 1.807) is 18.2 Å². The van der Waals surface area contributed by atoms with E-state index in [0.29, 0.717) is 21.6 Å². The van der Waals surface area contributed by atoms with Crippen LogP contribution in [-0.2, 0) is 11.4 Å². The van der Waals surface area contributed by atoms with Crippen LogP contribution in [0.4, 0.5) is 4.79 Å². The molecular weight excluding hydrogens is 508 g/mol. The Hall–Kier alpha value is -1.22. The molecule has 0 aliphatic carbocycles. The number of thioether (sulfide) groups is 1. The Balaban J connectivity index is 1.72. The number of likely N-dealkylation sites (N-methyl/N-ethyl adjacent to an activating group) is 1. The number of nitrogens with zero attached hydrogens (tertiary/aromatic N) is 1. The quantitative estimate of drug-likeness (QED) is 0.376. The van der Waals surface area contributed by atoms with Gasteiger partial charge in [0.25, 0.3) is 11.1 Å². The van der Waals surface area contributed by atoms with Gasteiger partial charge in [0, 0.05) is 7.05 Å². The van der Waals surface area contributed by atoms with Gasteiger partial charge < -0.3 is 4.74 Å². The van der Waals surface area contributed by atoms with E-state index >= 15 is 0 Å². The van der Waals surface area contributed by atoms with E-state index in [1.807, 2.05) is 24.3 Å². The van der Waals surface area contributed by atoms with Gasteiger partial charge in [-0.15, -0.1) is 0 Å². The van der Waals surface area contributed by atoms with Crippen molar-refractivity contribution in [3.8, 4) is 5.75 Å². The maximum atomic E-state index is 12.0. The van der Waals surface area contributed by atoms with E-state index in [1.165, 1.54) is 7.05 Å². The zero-order chi connectivity index (χ0) is 18.8. The molecule has 1 fully saturated rings. The first-order valence-corrected chi connectivity index (χ1v) is 10.1. The van der Waals surface area contributed by atoms with Gasteiger partial charge in [0.1, 0.15) is 12.4 Å². The van der Waals surface area contributed by atoms with E-state index in [9.17, 15) is 9.59 Å². The first-order valence-electron chi connectivity index (χ1n) is 7.43. The molecule has 0 radical (unpaired) electrons. The topological polar surface area (TPSA) is 46.6 Å². The van der Waals surface area contributed by atoms with Crippen LogP contribution in [0.1, 0.15) is 11.1 Å². The third-order valence-corrected chi connectivity index (χ3v) is 6.16. The number of ether oxygens (including phenoxy) is 1. The first kappa shape index (κ1) is 19.5. The molecule has 0 unspecified atom stereocenters. The predicted octanol–water partition coefficient (Wildman–Crippen LogP) is 5.84. The Kier molecular flexibility index (Phi) is 6.17. The molecule has 3 rings (SSSR count). The Morgan fingerprint density at radius 3 is 2.54 bits per heavy atom. The number of benzene rings is 2. The normalized spacial score (nSPS) is 15.8. The maximum absolute atomic E-state index is 12.0. The van der Waals surface area contributed by atoms with Crippen LogP contribution in [0.2, 0.25) is 10.0 Å². The highest BCUT2D eigenvalue weighted by atomic mass is 127. The third kappa shape index (κ3) is 4.36. The van der Waals surface area contributed by atoms with Crippen molar-refractivity contribution in [1.29, 1.82) is 0 Å². The largest absolute Gasteiger partial charge is 0.488 e. The number of amides is 2. The van der Waals surface area contributed by atoms with Gasteiger partial charge >= 0.3 is 0 Å². The maximum Gasteiger partial charge on any atom is 0.293 e. The summed E-state index contributed by atoms with van der Waals surface area (Å²) in [5.41, 5.74) is 1.74. The summed E-state index contributed by atoms with van der Waals surface area (Å²) < 4.78 is 6.73. The summed E-state index contributed by atoms with van der Waals surface area (Å²) in [7, 11) is 1.47. The SMILES string of the molecule is CN1C(=O)S/C(=C\c2ccc(OCc3ccc(Cl)c(Cl)c3)c(I)c2)C1=O. The number of carbonyl (C=O) groups excluding carboxylic acids is 2. The summed E-state index contributed by atoms with van der Waals surface area (Å²) in [6, 6.07) is 10.9. The minimum atomic E-state index is -0.282. The van der Waals surface area contributed by atoms with Crippen molar-refractivity contribution in [2.24, 2.45) is 0 Å². The Morgan fingerprint density at radius 2 is 1.92 bits per heavy atom. The van der Waals surface area contributed by atoms with Crippen molar-refractivity contribution < 1.29 is 14.3 Å². The second kappa shape index (κ2) is 8.21. The van der Waals surface area contributed by atoms with Crippen LogP contribution in [0.15, 0.2) is 41.3 Å². The number of rotatable bonds is 4. The average molecular weight is 520 g/mol. The van der Waals surface area contributed by atoms with Crippen LogP contribution in [0.25, 0.3) is 6.08 Å². The lowest BCUT2D eigenvalue weighted by Gasteiger charge is -2.10. The molecule has 1 aliphatic heterocycles. The minimum absolute atomic E-state index is 0.266. The third-order valence-electron chi connectivity index (χ3n) is 3.62. The second-order valence-electron chi connectivity index (χ2n) is 5.47. The number of hydrogen-bond acceptors (Lipinski definition) is 4. The summed E-state index contributed by atoms with van der Waals surface area (Å²) in [6.07, 6.45) is 1.71. The monoisotopic (exact) mass is 519 g/mol. The lowest BCUT2D eigenvalue weighted by Crippen LogP contribution is -2.22. The second-order valence-corrected chi connectivity index (χ2v) is 8.44. The molecule has 0 atom stereocenters. The minimum Gasteiger partial charge on any atom is -0.488 e. The highest BCUT2D eigenvalue weighted by Crippen LogP contribution is 2.32. The summed E-state index contributed by atoms with van der Waals surface area (Å²) in [5.74, 6) is 0.437. The zero-order valence-corrected chi connectivity index (χ0v) is 17.9. The predicted molar refractivity (Wildman–Crippen MR) is 114 cm³/mol. The van der Waals surface area contributed by atoms with Crippen molar-refractivity contribution in [1.82, 2.24) is 4.90 Å². The molecule has 0 N–H and O–H groups in total. The van der Waals surface area contributed by atoms with Crippen molar-refractivity contribution in [3.05, 3.63) is 66.0 Å². The van der Waals surface area contributed by atoms with Crippen molar-refractivity contribution in [2.75, 3.05) is 7.05 Å². The van der Waals surface area contributed by atoms with Gasteiger partial charge in [-0.2, -0.15) is 0 Å². The molecule has 8 heteroatoms. The van der Waals surface area contributed by atoms with E-state index in [0.717, 1.165) is 37.1 Å². The Morgan fingerprint density at radius 1 is 1.15 bits per heavy atom. The van der Waals surface area contributed by atoms with E-state index in [-0.39, 0.29) is 11.1 Å². The number of imide groups is 1. The lowest BCUT2D eigenvalue weighted by molar-refractivity contribution is -0.121. The highest BCUT2D eigenvalue weighted by Gasteiger charge is 2.31. The summed E-state index contributed by atoms with van der Waals surface area (Å²) in [5, 5.41) is 0.728. The van der Waals surface area contributed by atoms with Crippen molar-refractivity contribution in [3.63, 3.8) is 0 Å². The molecule has 0 spiro atoms. The Bertz CT molecular complexity index is 933. The Labute approximate surface area is 178 Å². The van der Waals surface area contributed by atoms with Crippen molar-refractivity contribution >= 4 is 74.8 Å². The highest BCUT2D eigenvalue weighted by molar-refractivity contribution is 14.1. The van der Waals surface area contributed by atoms with Gasteiger partial charge in [-0.1, -0.05) is 35.3 Å². The smallest absolute Gasteiger partial charge is 0.293 e. The molecule has 134 valence electrons. The molecule has 1 aliphatic rings. The van der Waals surface area contributed by atoms with E-state index in [4.69, 9.17) is 27.9 Å². The number of halogens is 3. The molecular formula is C18H12Cl2INO3S. The summed E-state index contributed by atoms with van der Waals surface area (Å²) in [6.45, 7) is 0.362. The number of hydrogen-bond donors (Lipinski definition) is 0. The zero-order valence-electron chi connectivity index (χ0n) is 13.5. The molecule has 26 heavy (non-hydrogen) atoms. The molecule has 2 amide bonds. The lowest BCUT2D eigenvalue weighted by atomic mass is 10.2. The molecule has 2 aromatic carbocycles. The van der Waals surface area contributed by atoms with Crippen LogP contribution >= 0.6 is 57.6 Å². The average Bonchev–Trinajstić information content (AvgIpc) is 2.84. The molecule has 1 heterocycles. The molecule has 2 aromatic rings. The van der Waals surface area contributed by atoms with Gasteiger partial charge in [-0.05, 0) is 75.8 Å². The van der Waals surface area contributed by atoms with Crippen LogP contribution in [0.5, 0.6) is 5.75 Å². The number of carbonyl (C=O) groups is 2. The van der Waals surface area contributed by atoms with Gasteiger partial charge in [-0.25, -0.2) is 0 Å². The molecule has 4 nitrogen and oxygen atoms in total. The fourth-order valence-corrected chi connectivity index (χ4v) is 4.05. The fraction of sp³-hybridized carbons (Fsp3) is 0.111. The standard InChI is InChI=1S/C18H12Cl2INO3S/c1-22-17(23)16(26-18(22)24)8-10-3-5-15(14(21)7-10)25-9-11-2-4-12(19)13(20)6-11/h2-8H,9H2,1H3/b16-8-. The van der Waals surface area contributed by atoms with Crippen LogP contribution in [-0.4, -0.2) is 23.1 Å². The first-order chi connectivity index (χ1) is 12.3. The summed E-state index contributed by atoms with van der Waals surface area (Å²) in [4.78, 5) is 25.0. The molecule has 0 bridgehead atoms.